The van der Waals surface area contributed by atoms with Crippen LogP contribution >= 0.6 is 0 Å². The minimum Gasteiger partial charge on any atom is -0.485 e. The zero-order valence-corrected chi connectivity index (χ0v) is 14.1. The molecule has 1 aliphatic rings. The summed E-state index contributed by atoms with van der Waals surface area (Å²) in [7, 11) is 0. The number of amides is 1. The van der Waals surface area contributed by atoms with Gasteiger partial charge in [0.2, 0.25) is 6.10 Å². The number of nitrogens with zero attached hydrogens (tertiary/aromatic N) is 2. The van der Waals surface area contributed by atoms with Crippen molar-refractivity contribution in [3.63, 3.8) is 0 Å². The van der Waals surface area contributed by atoms with Crippen molar-refractivity contribution >= 4 is 11.9 Å². The number of carbonyl (C=O) groups is 1. The van der Waals surface area contributed by atoms with Crippen molar-refractivity contribution in [2.75, 3.05) is 11.9 Å². The van der Waals surface area contributed by atoms with Crippen molar-refractivity contribution in [2.45, 2.75) is 12.3 Å². The predicted octanol–water partition coefficient (Wildman–Crippen LogP) is 3.85. The molecule has 0 spiro atoms. The summed E-state index contributed by atoms with van der Waals surface area (Å²) in [5.74, 6) is 0.337. The van der Waals surface area contributed by atoms with Crippen LogP contribution in [0.1, 0.15) is 27.9 Å². The third kappa shape index (κ3) is 3.61. The maximum Gasteiger partial charge on any atom is 0.416 e. The van der Waals surface area contributed by atoms with Crippen molar-refractivity contribution in [2.24, 2.45) is 0 Å². The first kappa shape index (κ1) is 17.8. The number of para-hydroxylation sites is 2. The van der Waals surface area contributed by atoms with Gasteiger partial charge in [0.15, 0.2) is 11.5 Å². The Morgan fingerprint density at radius 1 is 1.07 bits per heavy atom. The monoisotopic (exact) mass is 391 g/mol. The quantitative estimate of drug-likeness (QED) is 0.730. The number of nitrogens with one attached hydrogen (secondary N) is 1. The van der Waals surface area contributed by atoms with Crippen molar-refractivity contribution in [1.29, 1.82) is 0 Å². The highest BCUT2D eigenvalue weighted by Crippen LogP contribution is 2.35. The standard InChI is InChI=1S/C18H12F3N3O4/c19-18(20,21)11-5-3-4-10(8-11)15(25)22-17-24-23-16(28-17)14-9-26-12-6-1-2-7-13(12)27-14/h1-8,14H,9H2,(H,22,24,25)/t14-/m0/s1. The molecule has 0 fully saturated rings. The summed E-state index contributed by atoms with van der Waals surface area (Å²) in [6.07, 6.45) is -5.23. The van der Waals surface area contributed by atoms with Gasteiger partial charge in [-0.05, 0) is 30.3 Å². The van der Waals surface area contributed by atoms with Gasteiger partial charge >= 0.3 is 12.2 Å². The van der Waals surface area contributed by atoms with E-state index < -0.39 is 23.8 Å². The molecular weight excluding hydrogens is 379 g/mol. The van der Waals surface area contributed by atoms with Crippen molar-refractivity contribution in [3.8, 4) is 11.5 Å². The Morgan fingerprint density at radius 3 is 2.64 bits per heavy atom. The van der Waals surface area contributed by atoms with E-state index in [9.17, 15) is 18.0 Å². The smallest absolute Gasteiger partial charge is 0.416 e. The van der Waals surface area contributed by atoms with Gasteiger partial charge in [-0.15, -0.1) is 5.10 Å². The third-order valence-corrected chi connectivity index (χ3v) is 3.90. The van der Waals surface area contributed by atoms with Crippen LogP contribution in [0.5, 0.6) is 11.5 Å². The second kappa shape index (κ2) is 6.87. The number of alkyl halides is 3. The molecule has 0 unspecified atom stereocenters. The molecule has 10 heteroatoms. The molecule has 1 amide bonds. The minimum absolute atomic E-state index is 0.0637. The first-order valence-electron chi connectivity index (χ1n) is 8.10. The Balaban J connectivity index is 1.46. The summed E-state index contributed by atoms with van der Waals surface area (Å²) in [6, 6.07) is 10.8. The number of benzene rings is 2. The Morgan fingerprint density at radius 2 is 1.86 bits per heavy atom. The van der Waals surface area contributed by atoms with Gasteiger partial charge in [0, 0.05) is 5.56 Å². The average Bonchev–Trinajstić information content (AvgIpc) is 3.15. The van der Waals surface area contributed by atoms with Gasteiger partial charge in [0.25, 0.3) is 11.8 Å². The largest absolute Gasteiger partial charge is 0.485 e. The summed E-state index contributed by atoms with van der Waals surface area (Å²) in [5.41, 5.74) is -1.13. The molecule has 144 valence electrons. The number of aromatic nitrogens is 2. The van der Waals surface area contributed by atoms with Gasteiger partial charge < -0.3 is 13.9 Å². The van der Waals surface area contributed by atoms with Crippen LogP contribution in [0.2, 0.25) is 0 Å². The lowest BCUT2D eigenvalue weighted by Gasteiger charge is -2.23. The summed E-state index contributed by atoms with van der Waals surface area (Å²) in [5, 5.41) is 9.75. The number of carbonyl (C=O) groups excluding carboxylic acids is 1. The third-order valence-electron chi connectivity index (χ3n) is 3.90. The fourth-order valence-corrected chi connectivity index (χ4v) is 2.56. The van der Waals surface area contributed by atoms with E-state index in [0.717, 1.165) is 18.2 Å². The fourth-order valence-electron chi connectivity index (χ4n) is 2.56. The number of rotatable bonds is 3. The number of halogens is 3. The molecule has 0 bridgehead atoms. The van der Waals surface area contributed by atoms with E-state index in [1.165, 1.54) is 6.07 Å². The number of fused-ring (bicyclic) bond motifs is 1. The highest BCUT2D eigenvalue weighted by atomic mass is 19.4. The maximum absolute atomic E-state index is 12.8. The molecule has 1 aliphatic heterocycles. The summed E-state index contributed by atoms with van der Waals surface area (Å²) in [6.45, 7) is 0.125. The van der Waals surface area contributed by atoms with E-state index in [1.54, 1.807) is 24.3 Å². The van der Waals surface area contributed by atoms with Crippen LogP contribution in [0.25, 0.3) is 0 Å². The van der Waals surface area contributed by atoms with Crippen LogP contribution in [0, 0.1) is 0 Å². The van der Waals surface area contributed by atoms with Crippen LogP contribution in [0.15, 0.2) is 52.9 Å². The molecule has 1 aromatic heterocycles. The summed E-state index contributed by atoms with van der Waals surface area (Å²) in [4.78, 5) is 12.2. The molecular formula is C18H12F3N3O4. The summed E-state index contributed by atoms with van der Waals surface area (Å²) >= 11 is 0. The maximum atomic E-state index is 12.8. The van der Waals surface area contributed by atoms with E-state index in [1.807, 2.05) is 0 Å². The van der Waals surface area contributed by atoms with Crippen LogP contribution < -0.4 is 14.8 Å². The highest BCUT2D eigenvalue weighted by Gasteiger charge is 2.31. The van der Waals surface area contributed by atoms with E-state index in [-0.39, 0.29) is 24.1 Å². The Bertz CT molecular complexity index is 1020. The zero-order valence-electron chi connectivity index (χ0n) is 14.1. The van der Waals surface area contributed by atoms with E-state index in [4.69, 9.17) is 13.9 Å². The predicted molar refractivity (Wildman–Crippen MR) is 89.0 cm³/mol. The van der Waals surface area contributed by atoms with Crippen LogP contribution in [-0.2, 0) is 6.18 Å². The molecule has 7 nitrogen and oxygen atoms in total. The molecule has 0 saturated carbocycles. The van der Waals surface area contributed by atoms with Gasteiger partial charge in [0.05, 0.1) is 5.56 Å². The van der Waals surface area contributed by atoms with Gasteiger partial charge in [0.1, 0.15) is 6.61 Å². The lowest BCUT2D eigenvalue weighted by atomic mass is 10.1. The zero-order chi connectivity index (χ0) is 19.7. The second-order valence-electron chi connectivity index (χ2n) is 5.84. The molecule has 3 aromatic rings. The number of hydrogen-bond donors (Lipinski definition) is 1. The van der Waals surface area contributed by atoms with Gasteiger partial charge in [-0.25, -0.2) is 0 Å². The number of hydrogen-bond acceptors (Lipinski definition) is 6. The molecule has 1 atom stereocenters. The molecule has 2 heterocycles. The SMILES string of the molecule is O=C(Nc1nnc([C@@H]2COc3ccccc3O2)o1)c1cccc(C(F)(F)F)c1. The molecule has 2 aromatic carbocycles. The van der Waals surface area contributed by atoms with Crippen LogP contribution in [0.4, 0.5) is 19.2 Å². The van der Waals surface area contributed by atoms with Crippen molar-refractivity contribution in [3.05, 3.63) is 65.5 Å². The molecule has 28 heavy (non-hydrogen) atoms. The summed E-state index contributed by atoms with van der Waals surface area (Å²) < 4.78 is 54.9. The highest BCUT2D eigenvalue weighted by molar-refractivity contribution is 6.03. The first-order valence-corrected chi connectivity index (χ1v) is 8.10. The van der Waals surface area contributed by atoms with E-state index >= 15 is 0 Å². The molecule has 0 radical (unpaired) electrons. The fraction of sp³-hybridized carbons (Fsp3) is 0.167. The lowest BCUT2D eigenvalue weighted by Crippen LogP contribution is -2.21. The van der Waals surface area contributed by atoms with Gasteiger partial charge in [-0.3, -0.25) is 10.1 Å². The van der Waals surface area contributed by atoms with Gasteiger partial charge in [-0.2, -0.15) is 13.2 Å². The average molecular weight is 391 g/mol. The Hall–Kier alpha value is -3.56. The molecule has 0 aliphatic carbocycles. The second-order valence-corrected chi connectivity index (χ2v) is 5.84. The topological polar surface area (TPSA) is 86.5 Å². The minimum atomic E-state index is -4.55. The Kier molecular flexibility index (Phi) is 4.38. The molecule has 4 rings (SSSR count). The van der Waals surface area contributed by atoms with Crippen molar-refractivity contribution < 1.29 is 31.9 Å². The molecule has 1 N–H and O–H groups in total. The van der Waals surface area contributed by atoms with Crippen LogP contribution in [0.3, 0.4) is 0 Å². The van der Waals surface area contributed by atoms with E-state index in [2.05, 4.69) is 15.5 Å². The number of ether oxygens (including phenoxy) is 2. The lowest BCUT2D eigenvalue weighted by molar-refractivity contribution is -0.137. The normalized spacial score (nSPS) is 15.9. The first-order chi connectivity index (χ1) is 13.4. The Labute approximate surface area is 156 Å². The van der Waals surface area contributed by atoms with Gasteiger partial charge in [-0.1, -0.05) is 23.3 Å². The van der Waals surface area contributed by atoms with Crippen molar-refractivity contribution in [1.82, 2.24) is 10.2 Å². The number of anilines is 1. The van der Waals surface area contributed by atoms with E-state index in [0.29, 0.717) is 11.5 Å². The van der Waals surface area contributed by atoms with Crippen LogP contribution in [-0.4, -0.2) is 22.7 Å². The molecule has 0 saturated heterocycles.